The van der Waals surface area contributed by atoms with Crippen LogP contribution in [0.4, 0.5) is 0 Å². The SMILES string of the molecule is C[C@H]1C[C@@H]2[C@@H](CN)CCC[C@H]2O1. The summed E-state index contributed by atoms with van der Waals surface area (Å²) in [5.41, 5.74) is 5.75. The van der Waals surface area contributed by atoms with Gasteiger partial charge < -0.3 is 10.5 Å². The van der Waals surface area contributed by atoms with Crippen molar-refractivity contribution < 1.29 is 4.74 Å². The molecular formula is C10H19NO. The zero-order valence-corrected chi connectivity index (χ0v) is 7.83. The van der Waals surface area contributed by atoms with Gasteiger partial charge in [0.25, 0.3) is 0 Å². The summed E-state index contributed by atoms with van der Waals surface area (Å²) in [6.07, 6.45) is 6.18. The van der Waals surface area contributed by atoms with Crippen LogP contribution in [0.25, 0.3) is 0 Å². The molecule has 2 N–H and O–H groups in total. The molecule has 4 atom stereocenters. The van der Waals surface area contributed by atoms with E-state index in [0.29, 0.717) is 12.2 Å². The molecule has 0 aromatic heterocycles. The minimum absolute atomic E-state index is 0.479. The van der Waals surface area contributed by atoms with E-state index in [4.69, 9.17) is 10.5 Å². The molecule has 0 bridgehead atoms. The largest absolute Gasteiger partial charge is 0.375 e. The van der Waals surface area contributed by atoms with Crippen molar-refractivity contribution in [3.63, 3.8) is 0 Å². The van der Waals surface area contributed by atoms with Crippen LogP contribution in [0.5, 0.6) is 0 Å². The Bertz CT molecular complexity index is 154. The molecule has 0 amide bonds. The Kier molecular flexibility index (Phi) is 2.37. The first-order valence-corrected chi connectivity index (χ1v) is 5.16. The first-order valence-electron chi connectivity index (χ1n) is 5.16. The first-order chi connectivity index (χ1) is 5.81. The lowest BCUT2D eigenvalue weighted by molar-refractivity contribution is 0.0143. The Morgan fingerprint density at radius 1 is 1.42 bits per heavy atom. The molecule has 0 spiro atoms. The highest BCUT2D eigenvalue weighted by Gasteiger charge is 2.39. The molecule has 2 fully saturated rings. The standard InChI is InChI=1S/C10H19NO/c1-7-5-9-8(6-11)3-2-4-10(9)12-7/h7-10H,2-6,11H2,1H3/t7-,8+,9+,10+/m0/s1. The van der Waals surface area contributed by atoms with Gasteiger partial charge in [-0.2, -0.15) is 0 Å². The average Bonchev–Trinajstić information content (AvgIpc) is 2.44. The van der Waals surface area contributed by atoms with Gasteiger partial charge in [0, 0.05) is 0 Å². The molecule has 70 valence electrons. The number of hydrogen-bond donors (Lipinski definition) is 1. The van der Waals surface area contributed by atoms with Crippen LogP contribution in [0, 0.1) is 11.8 Å². The van der Waals surface area contributed by atoms with E-state index >= 15 is 0 Å². The smallest absolute Gasteiger partial charge is 0.0611 e. The molecule has 0 radical (unpaired) electrons. The second-order valence-corrected chi connectivity index (χ2v) is 4.31. The summed E-state index contributed by atoms with van der Waals surface area (Å²) in [7, 11) is 0. The van der Waals surface area contributed by atoms with E-state index in [1.54, 1.807) is 0 Å². The topological polar surface area (TPSA) is 35.2 Å². The zero-order valence-electron chi connectivity index (χ0n) is 7.83. The summed E-state index contributed by atoms with van der Waals surface area (Å²) in [5, 5.41) is 0. The van der Waals surface area contributed by atoms with Gasteiger partial charge in [-0.1, -0.05) is 6.42 Å². The Morgan fingerprint density at radius 3 is 3.00 bits per heavy atom. The maximum absolute atomic E-state index is 5.84. The monoisotopic (exact) mass is 169 g/mol. The van der Waals surface area contributed by atoms with E-state index in [1.807, 2.05) is 0 Å². The predicted molar refractivity (Wildman–Crippen MR) is 48.8 cm³/mol. The van der Waals surface area contributed by atoms with E-state index in [1.165, 1.54) is 25.7 Å². The highest BCUT2D eigenvalue weighted by Crippen LogP contribution is 2.40. The van der Waals surface area contributed by atoms with Crippen molar-refractivity contribution in [2.45, 2.75) is 44.8 Å². The Balaban J connectivity index is 2.02. The van der Waals surface area contributed by atoms with Gasteiger partial charge in [0.05, 0.1) is 12.2 Å². The Hall–Kier alpha value is -0.0800. The summed E-state index contributed by atoms with van der Waals surface area (Å²) >= 11 is 0. The van der Waals surface area contributed by atoms with Crippen LogP contribution in [0.15, 0.2) is 0 Å². The lowest BCUT2D eigenvalue weighted by atomic mass is 9.76. The van der Waals surface area contributed by atoms with E-state index in [2.05, 4.69) is 6.92 Å². The molecule has 0 aromatic rings. The predicted octanol–water partition coefficient (Wildman–Crippen LogP) is 1.54. The fourth-order valence-corrected chi connectivity index (χ4v) is 2.86. The maximum atomic E-state index is 5.84. The molecule has 1 aliphatic heterocycles. The summed E-state index contributed by atoms with van der Waals surface area (Å²) in [5.74, 6) is 1.52. The van der Waals surface area contributed by atoms with Crippen LogP contribution >= 0.6 is 0 Å². The number of fused-ring (bicyclic) bond motifs is 1. The molecule has 2 rings (SSSR count). The van der Waals surface area contributed by atoms with Gasteiger partial charge in [-0.3, -0.25) is 0 Å². The van der Waals surface area contributed by atoms with Crippen LogP contribution in [0.3, 0.4) is 0 Å². The van der Waals surface area contributed by atoms with Crippen molar-refractivity contribution in [3.05, 3.63) is 0 Å². The number of ether oxygens (including phenoxy) is 1. The van der Waals surface area contributed by atoms with Gasteiger partial charge in [0.2, 0.25) is 0 Å². The van der Waals surface area contributed by atoms with Gasteiger partial charge in [-0.25, -0.2) is 0 Å². The third-order valence-electron chi connectivity index (χ3n) is 3.46. The van der Waals surface area contributed by atoms with Crippen LogP contribution < -0.4 is 5.73 Å². The molecule has 2 nitrogen and oxygen atoms in total. The van der Waals surface area contributed by atoms with Crippen molar-refractivity contribution >= 4 is 0 Å². The molecular weight excluding hydrogens is 150 g/mol. The van der Waals surface area contributed by atoms with Crippen molar-refractivity contribution in [1.82, 2.24) is 0 Å². The summed E-state index contributed by atoms with van der Waals surface area (Å²) in [4.78, 5) is 0. The Labute approximate surface area is 74.5 Å². The molecule has 1 heterocycles. The quantitative estimate of drug-likeness (QED) is 0.646. The highest BCUT2D eigenvalue weighted by atomic mass is 16.5. The summed E-state index contributed by atoms with van der Waals surface area (Å²) in [6, 6.07) is 0. The fourth-order valence-electron chi connectivity index (χ4n) is 2.86. The lowest BCUT2D eigenvalue weighted by Gasteiger charge is -2.31. The van der Waals surface area contributed by atoms with Gasteiger partial charge in [0.1, 0.15) is 0 Å². The van der Waals surface area contributed by atoms with Crippen molar-refractivity contribution in [2.75, 3.05) is 6.54 Å². The first kappa shape index (κ1) is 8.52. The number of rotatable bonds is 1. The van der Waals surface area contributed by atoms with Crippen molar-refractivity contribution in [1.29, 1.82) is 0 Å². The van der Waals surface area contributed by atoms with Gasteiger partial charge in [-0.05, 0) is 44.6 Å². The number of nitrogens with two attached hydrogens (primary N) is 1. The van der Waals surface area contributed by atoms with Crippen LogP contribution in [-0.4, -0.2) is 18.8 Å². The molecule has 12 heavy (non-hydrogen) atoms. The third-order valence-corrected chi connectivity index (χ3v) is 3.46. The molecule has 2 aliphatic rings. The fraction of sp³-hybridized carbons (Fsp3) is 1.00. The van der Waals surface area contributed by atoms with E-state index in [0.717, 1.165) is 18.4 Å². The van der Waals surface area contributed by atoms with E-state index in [9.17, 15) is 0 Å². The second kappa shape index (κ2) is 3.35. The molecule has 2 heteroatoms. The maximum Gasteiger partial charge on any atom is 0.0611 e. The number of hydrogen-bond acceptors (Lipinski definition) is 2. The van der Waals surface area contributed by atoms with Gasteiger partial charge in [0.15, 0.2) is 0 Å². The molecule has 0 aromatic carbocycles. The van der Waals surface area contributed by atoms with Crippen LogP contribution in [-0.2, 0) is 4.74 Å². The van der Waals surface area contributed by atoms with Crippen LogP contribution in [0.1, 0.15) is 32.6 Å². The Morgan fingerprint density at radius 2 is 2.25 bits per heavy atom. The molecule has 1 aliphatic carbocycles. The summed E-state index contributed by atoms with van der Waals surface area (Å²) < 4.78 is 5.84. The second-order valence-electron chi connectivity index (χ2n) is 4.31. The average molecular weight is 169 g/mol. The minimum Gasteiger partial charge on any atom is -0.375 e. The molecule has 1 saturated heterocycles. The zero-order chi connectivity index (χ0) is 8.55. The molecule has 0 unspecified atom stereocenters. The van der Waals surface area contributed by atoms with Crippen molar-refractivity contribution in [3.8, 4) is 0 Å². The van der Waals surface area contributed by atoms with Gasteiger partial charge in [-0.15, -0.1) is 0 Å². The summed E-state index contributed by atoms with van der Waals surface area (Å²) in [6.45, 7) is 3.04. The normalized spacial score (nSPS) is 47.5. The molecule has 1 saturated carbocycles. The van der Waals surface area contributed by atoms with E-state index in [-0.39, 0.29) is 0 Å². The van der Waals surface area contributed by atoms with Gasteiger partial charge >= 0.3 is 0 Å². The minimum atomic E-state index is 0.479. The highest BCUT2D eigenvalue weighted by molar-refractivity contribution is 4.89. The van der Waals surface area contributed by atoms with Crippen LogP contribution in [0.2, 0.25) is 0 Å². The van der Waals surface area contributed by atoms with E-state index < -0.39 is 0 Å². The third kappa shape index (κ3) is 1.38. The van der Waals surface area contributed by atoms with Crippen molar-refractivity contribution in [2.24, 2.45) is 17.6 Å². The lowest BCUT2D eigenvalue weighted by Crippen LogP contribution is -2.33.